The highest BCUT2D eigenvalue weighted by molar-refractivity contribution is 5.97. The molecule has 1 unspecified atom stereocenters. The molecule has 0 aromatic heterocycles. The van der Waals surface area contributed by atoms with Gasteiger partial charge in [0.1, 0.15) is 11.5 Å². The molecule has 0 aliphatic rings. The van der Waals surface area contributed by atoms with Crippen molar-refractivity contribution in [2.75, 3.05) is 20.8 Å². The van der Waals surface area contributed by atoms with Crippen molar-refractivity contribution < 1.29 is 14.3 Å². The van der Waals surface area contributed by atoms with Crippen molar-refractivity contribution in [2.45, 2.75) is 19.4 Å². The van der Waals surface area contributed by atoms with Crippen LogP contribution in [0.1, 0.15) is 23.7 Å². The first kappa shape index (κ1) is 14.3. The summed E-state index contributed by atoms with van der Waals surface area (Å²) in [6.45, 7) is 2.42. The van der Waals surface area contributed by atoms with Crippen molar-refractivity contribution >= 4 is 5.91 Å². The Morgan fingerprint density at radius 3 is 2.67 bits per heavy atom. The molecule has 0 saturated carbocycles. The fourth-order valence-corrected chi connectivity index (χ4v) is 1.45. The molecule has 0 fully saturated rings. The summed E-state index contributed by atoms with van der Waals surface area (Å²) in [7, 11) is 3.08. The van der Waals surface area contributed by atoms with Gasteiger partial charge < -0.3 is 20.5 Å². The zero-order chi connectivity index (χ0) is 13.5. The van der Waals surface area contributed by atoms with E-state index in [0.717, 1.165) is 6.42 Å². The quantitative estimate of drug-likeness (QED) is 0.797. The van der Waals surface area contributed by atoms with E-state index in [1.54, 1.807) is 25.3 Å². The molecule has 18 heavy (non-hydrogen) atoms. The van der Waals surface area contributed by atoms with Crippen LogP contribution < -0.4 is 20.5 Å². The third kappa shape index (κ3) is 3.63. The first-order valence-corrected chi connectivity index (χ1v) is 5.88. The summed E-state index contributed by atoms with van der Waals surface area (Å²) in [5, 5.41) is 2.78. The number of nitrogens with two attached hydrogens (primary N) is 1. The molecule has 1 atom stereocenters. The van der Waals surface area contributed by atoms with E-state index in [-0.39, 0.29) is 11.9 Å². The van der Waals surface area contributed by atoms with Crippen molar-refractivity contribution in [3.05, 3.63) is 23.8 Å². The fourth-order valence-electron chi connectivity index (χ4n) is 1.45. The van der Waals surface area contributed by atoms with Crippen molar-refractivity contribution in [3.8, 4) is 11.5 Å². The number of nitrogens with one attached hydrogen (secondary N) is 1. The van der Waals surface area contributed by atoms with Crippen molar-refractivity contribution in [1.82, 2.24) is 5.32 Å². The lowest BCUT2D eigenvalue weighted by atomic mass is 10.1. The summed E-state index contributed by atoms with van der Waals surface area (Å²) in [5.74, 6) is 0.911. The number of benzene rings is 1. The SMILES string of the molecule is CCC(N)CNC(=O)c1cc(OC)ccc1OC. The average Bonchev–Trinajstić information content (AvgIpc) is 2.43. The molecule has 0 heterocycles. The number of amides is 1. The van der Waals surface area contributed by atoms with Gasteiger partial charge in [-0.15, -0.1) is 0 Å². The first-order chi connectivity index (χ1) is 8.62. The Balaban J connectivity index is 2.82. The minimum atomic E-state index is -0.213. The van der Waals surface area contributed by atoms with Crippen molar-refractivity contribution in [2.24, 2.45) is 5.73 Å². The summed E-state index contributed by atoms with van der Waals surface area (Å²) in [6.07, 6.45) is 0.815. The zero-order valence-electron chi connectivity index (χ0n) is 11.0. The third-order valence-electron chi connectivity index (χ3n) is 2.70. The molecule has 0 aliphatic carbocycles. The van der Waals surface area contributed by atoms with E-state index in [9.17, 15) is 4.79 Å². The smallest absolute Gasteiger partial charge is 0.255 e. The van der Waals surface area contributed by atoms with Crippen LogP contribution in [0.4, 0.5) is 0 Å². The van der Waals surface area contributed by atoms with Crippen LogP contribution in [0.25, 0.3) is 0 Å². The largest absolute Gasteiger partial charge is 0.497 e. The number of rotatable bonds is 6. The molecule has 0 aliphatic heterocycles. The maximum absolute atomic E-state index is 12.0. The van der Waals surface area contributed by atoms with E-state index in [2.05, 4.69) is 5.32 Å². The Hall–Kier alpha value is -1.75. The van der Waals surface area contributed by atoms with Crippen LogP contribution in [-0.2, 0) is 0 Å². The maximum atomic E-state index is 12.0. The minimum Gasteiger partial charge on any atom is -0.497 e. The standard InChI is InChI=1S/C13H20N2O3/c1-4-9(14)8-15-13(16)11-7-10(17-2)5-6-12(11)18-3/h5-7,9H,4,8,14H2,1-3H3,(H,15,16). The summed E-state index contributed by atoms with van der Waals surface area (Å²) < 4.78 is 10.2. The summed E-state index contributed by atoms with van der Waals surface area (Å²) in [4.78, 5) is 12.0. The normalized spacial score (nSPS) is 11.8. The van der Waals surface area contributed by atoms with Gasteiger partial charge in [-0.2, -0.15) is 0 Å². The number of carbonyl (C=O) groups is 1. The Bertz CT molecular complexity index is 407. The minimum absolute atomic E-state index is 0.0365. The lowest BCUT2D eigenvalue weighted by molar-refractivity contribution is 0.0947. The van der Waals surface area contributed by atoms with Crippen LogP contribution >= 0.6 is 0 Å². The van der Waals surface area contributed by atoms with Crippen LogP contribution in [-0.4, -0.2) is 32.7 Å². The van der Waals surface area contributed by atoms with Gasteiger partial charge in [-0.1, -0.05) is 6.92 Å². The van der Waals surface area contributed by atoms with E-state index in [0.29, 0.717) is 23.6 Å². The highest BCUT2D eigenvalue weighted by Gasteiger charge is 2.14. The Morgan fingerprint density at radius 2 is 2.11 bits per heavy atom. The van der Waals surface area contributed by atoms with Gasteiger partial charge in [0.25, 0.3) is 5.91 Å². The molecule has 1 amide bonds. The monoisotopic (exact) mass is 252 g/mol. The van der Waals surface area contributed by atoms with Gasteiger partial charge in [0.15, 0.2) is 0 Å². The number of carbonyl (C=O) groups excluding carboxylic acids is 1. The number of ether oxygens (including phenoxy) is 2. The second-order valence-electron chi connectivity index (χ2n) is 3.94. The van der Waals surface area contributed by atoms with Crippen molar-refractivity contribution in [3.63, 3.8) is 0 Å². The molecule has 5 heteroatoms. The lowest BCUT2D eigenvalue weighted by Gasteiger charge is -2.13. The zero-order valence-corrected chi connectivity index (χ0v) is 11.0. The Kier molecular flexibility index (Phi) is 5.45. The van der Waals surface area contributed by atoms with Crippen LogP contribution in [0.3, 0.4) is 0 Å². The third-order valence-corrected chi connectivity index (χ3v) is 2.70. The molecule has 5 nitrogen and oxygen atoms in total. The first-order valence-electron chi connectivity index (χ1n) is 5.88. The van der Waals surface area contributed by atoms with E-state index < -0.39 is 0 Å². The van der Waals surface area contributed by atoms with Gasteiger partial charge in [-0.3, -0.25) is 4.79 Å². The predicted octanol–water partition coefficient (Wildman–Crippen LogP) is 1.17. The molecular formula is C13H20N2O3. The van der Waals surface area contributed by atoms with Crippen LogP contribution in [0.15, 0.2) is 18.2 Å². The predicted molar refractivity (Wildman–Crippen MR) is 70.1 cm³/mol. The van der Waals surface area contributed by atoms with E-state index >= 15 is 0 Å². The maximum Gasteiger partial charge on any atom is 0.255 e. The lowest BCUT2D eigenvalue weighted by Crippen LogP contribution is -2.36. The molecule has 100 valence electrons. The van der Waals surface area contributed by atoms with Crippen molar-refractivity contribution in [1.29, 1.82) is 0 Å². The topological polar surface area (TPSA) is 73.6 Å². The summed E-state index contributed by atoms with van der Waals surface area (Å²) in [5.41, 5.74) is 6.20. The molecule has 0 bridgehead atoms. The van der Waals surface area contributed by atoms with Crippen LogP contribution in [0.5, 0.6) is 11.5 Å². The molecule has 0 radical (unpaired) electrons. The van der Waals surface area contributed by atoms with Gasteiger partial charge in [0.2, 0.25) is 0 Å². The van der Waals surface area contributed by atoms with Gasteiger partial charge in [0, 0.05) is 12.6 Å². The van der Waals surface area contributed by atoms with E-state index in [4.69, 9.17) is 15.2 Å². The average molecular weight is 252 g/mol. The van der Waals surface area contributed by atoms with Gasteiger partial charge in [0.05, 0.1) is 19.8 Å². The molecule has 1 aromatic rings. The highest BCUT2D eigenvalue weighted by Crippen LogP contribution is 2.23. The van der Waals surface area contributed by atoms with E-state index in [1.807, 2.05) is 6.92 Å². The number of hydrogen-bond acceptors (Lipinski definition) is 4. The molecule has 3 N–H and O–H groups in total. The molecular weight excluding hydrogens is 232 g/mol. The fraction of sp³-hybridized carbons (Fsp3) is 0.462. The van der Waals surface area contributed by atoms with Crippen LogP contribution in [0.2, 0.25) is 0 Å². The highest BCUT2D eigenvalue weighted by atomic mass is 16.5. The molecule has 1 rings (SSSR count). The van der Waals surface area contributed by atoms with Gasteiger partial charge in [-0.05, 0) is 24.6 Å². The molecule has 0 saturated heterocycles. The molecule has 1 aromatic carbocycles. The van der Waals surface area contributed by atoms with Gasteiger partial charge >= 0.3 is 0 Å². The second-order valence-corrected chi connectivity index (χ2v) is 3.94. The van der Waals surface area contributed by atoms with E-state index in [1.165, 1.54) is 7.11 Å². The second kappa shape index (κ2) is 6.86. The number of methoxy groups -OCH3 is 2. The van der Waals surface area contributed by atoms with Gasteiger partial charge in [-0.25, -0.2) is 0 Å². The summed E-state index contributed by atoms with van der Waals surface area (Å²) >= 11 is 0. The Labute approximate surface area is 107 Å². The number of hydrogen-bond donors (Lipinski definition) is 2. The summed E-state index contributed by atoms with van der Waals surface area (Å²) in [6, 6.07) is 5.05. The Morgan fingerprint density at radius 1 is 1.39 bits per heavy atom. The molecule has 0 spiro atoms. The van der Waals surface area contributed by atoms with Crippen LogP contribution in [0, 0.1) is 0 Å².